The summed E-state index contributed by atoms with van der Waals surface area (Å²) in [6.07, 6.45) is -0.527. The Balaban J connectivity index is 1.98. The Morgan fingerprint density at radius 1 is 1.41 bits per heavy atom. The van der Waals surface area contributed by atoms with Gasteiger partial charge in [-0.1, -0.05) is 25.4 Å². The maximum Gasteiger partial charge on any atom is 0.226 e. The summed E-state index contributed by atoms with van der Waals surface area (Å²) >= 11 is 8.31. The van der Waals surface area contributed by atoms with Gasteiger partial charge in [0.05, 0.1) is 23.2 Å². The van der Waals surface area contributed by atoms with Crippen molar-refractivity contribution in [3.05, 3.63) is 23.2 Å². The Hall–Kier alpha value is -0.910. The highest BCUT2D eigenvalue weighted by Crippen LogP contribution is 2.30. The second-order valence-electron chi connectivity index (χ2n) is 5.83. The highest BCUT2D eigenvalue weighted by Gasteiger charge is 2.16. The zero-order chi connectivity index (χ0) is 16.1. The summed E-state index contributed by atoms with van der Waals surface area (Å²) in [6.45, 7) is 5.77. The predicted octanol–water partition coefficient (Wildman–Crippen LogP) is 3.24. The molecule has 0 aliphatic carbocycles. The third-order valence-corrected chi connectivity index (χ3v) is 4.99. The zero-order valence-electron chi connectivity index (χ0n) is 13.0. The Bertz CT molecular complexity index is 519. The number of thioether (sulfide) groups is 1. The van der Waals surface area contributed by atoms with Gasteiger partial charge in [-0.05, 0) is 24.1 Å². The van der Waals surface area contributed by atoms with Crippen LogP contribution in [-0.2, 0) is 4.79 Å². The average Bonchev–Trinajstić information content (AvgIpc) is 2.48. The van der Waals surface area contributed by atoms with Crippen LogP contribution < -0.4 is 10.2 Å². The lowest BCUT2D eigenvalue weighted by Crippen LogP contribution is -2.32. The van der Waals surface area contributed by atoms with Crippen molar-refractivity contribution in [2.45, 2.75) is 26.4 Å². The number of nitrogens with zero attached hydrogens (tertiary/aromatic N) is 1. The van der Waals surface area contributed by atoms with E-state index in [1.54, 1.807) is 6.07 Å². The lowest BCUT2D eigenvalue weighted by atomic mass is 10.0. The maximum absolute atomic E-state index is 11.9. The molecule has 1 fully saturated rings. The third-order valence-electron chi connectivity index (χ3n) is 3.75. The first-order chi connectivity index (χ1) is 10.5. The minimum absolute atomic E-state index is 0.0636. The molecule has 2 rings (SSSR count). The molecule has 1 saturated heterocycles. The molecule has 0 saturated carbocycles. The fourth-order valence-corrected chi connectivity index (χ4v) is 3.49. The fourth-order valence-electron chi connectivity index (χ4n) is 2.28. The number of nitrogens with one attached hydrogen (secondary N) is 1. The highest BCUT2D eigenvalue weighted by atomic mass is 35.5. The molecule has 0 bridgehead atoms. The van der Waals surface area contributed by atoms with Crippen molar-refractivity contribution in [3.8, 4) is 0 Å². The minimum Gasteiger partial charge on any atom is -0.392 e. The second-order valence-corrected chi connectivity index (χ2v) is 7.46. The molecular formula is C16H23ClN2O2S. The van der Waals surface area contributed by atoms with Crippen LogP contribution >= 0.6 is 23.4 Å². The van der Waals surface area contributed by atoms with E-state index in [1.165, 1.54) is 0 Å². The first-order valence-corrected chi connectivity index (χ1v) is 9.11. The summed E-state index contributed by atoms with van der Waals surface area (Å²) in [5.41, 5.74) is 1.68. The van der Waals surface area contributed by atoms with E-state index < -0.39 is 6.10 Å². The Morgan fingerprint density at radius 3 is 2.68 bits per heavy atom. The molecule has 1 atom stereocenters. The summed E-state index contributed by atoms with van der Waals surface area (Å²) in [7, 11) is 0. The zero-order valence-corrected chi connectivity index (χ0v) is 14.6. The number of benzene rings is 1. The number of aliphatic hydroxyl groups excluding tert-OH is 1. The van der Waals surface area contributed by atoms with E-state index in [2.05, 4.69) is 10.2 Å². The molecule has 1 amide bonds. The van der Waals surface area contributed by atoms with Crippen LogP contribution in [-0.4, -0.2) is 41.7 Å². The van der Waals surface area contributed by atoms with Crippen LogP contribution in [0.3, 0.4) is 0 Å². The SMILES string of the molecule is CC(C)C(O)CC(=O)Nc1ccc(N2CCSCC2)c(Cl)c1. The van der Waals surface area contributed by atoms with Crippen molar-refractivity contribution in [2.75, 3.05) is 34.8 Å². The molecule has 1 aromatic carbocycles. The largest absolute Gasteiger partial charge is 0.392 e. The van der Waals surface area contributed by atoms with Crippen LogP contribution in [0.5, 0.6) is 0 Å². The highest BCUT2D eigenvalue weighted by molar-refractivity contribution is 7.99. The van der Waals surface area contributed by atoms with E-state index in [4.69, 9.17) is 11.6 Å². The van der Waals surface area contributed by atoms with Crippen molar-refractivity contribution >= 4 is 40.6 Å². The van der Waals surface area contributed by atoms with Crippen molar-refractivity contribution < 1.29 is 9.90 Å². The van der Waals surface area contributed by atoms with Gasteiger partial charge in [-0.15, -0.1) is 0 Å². The molecule has 1 aromatic rings. The number of anilines is 2. The smallest absolute Gasteiger partial charge is 0.226 e. The number of carbonyl (C=O) groups excluding carboxylic acids is 1. The monoisotopic (exact) mass is 342 g/mol. The summed E-state index contributed by atoms with van der Waals surface area (Å²) in [6, 6.07) is 5.59. The molecule has 4 nitrogen and oxygen atoms in total. The van der Waals surface area contributed by atoms with Crippen LogP contribution in [0.4, 0.5) is 11.4 Å². The van der Waals surface area contributed by atoms with Crippen molar-refractivity contribution in [1.82, 2.24) is 0 Å². The van der Waals surface area contributed by atoms with Crippen LogP contribution in [0.25, 0.3) is 0 Å². The number of halogens is 1. The van der Waals surface area contributed by atoms with Crippen molar-refractivity contribution in [3.63, 3.8) is 0 Å². The van der Waals surface area contributed by atoms with Crippen molar-refractivity contribution in [2.24, 2.45) is 5.92 Å². The molecule has 2 N–H and O–H groups in total. The van der Waals surface area contributed by atoms with E-state index in [9.17, 15) is 9.90 Å². The topological polar surface area (TPSA) is 52.6 Å². The maximum atomic E-state index is 11.9. The first-order valence-electron chi connectivity index (χ1n) is 7.57. The van der Waals surface area contributed by atoms with Gasteiger partial charge >= 0.3 is 0 Å². The summed E-state index contributed by atoms with van der Waals surface area (Å²) in [5.74, 6) is 2.09. The summed E-state index contributed by atoms with van der Waals surface area (Å²) in [4.78, 5) is 14.2. The Kier molecular flexibility index (Phi) is 6.41. The van der Waals surface area contributed by atoms with Crippen LogP contribution in [0.15, 0.2) is 18.2 Å². The van der Waals surface area contributed by atoms with E-state index in [1.807, 2.05) is 37.7 Å². The molecule has 22 heavy (non-hydrogen) atoms. The number of hydrogen-bond acceptors (Lipinski definition) is 4. The summed E-state index contributed by atoms with van der Waals surface area (Å²) < 4.78 is 0. The van der Waals surface area contributed by atoms with Gasteiger partial charge in [0.2, 0.25) is 5.91 Å². The van der Waals surface area contributed by atoms with E-state index in [0.29, 0.717) is 10.7 Å². The molecule has 1 unspecified atom stereocenters. The van der Waals surface area contributed by atoms with Gasteiger partial charge in [-0.3, -0.25) is 4.79 Å². The molecule has 1 aliphatic rings. The van der Waals surface area contributed by atoms with Gasteiger partial charge in [0, 0.05) is 30.3 Å². The first kappa shape index (κ1) is 17.4. The number of aliphatic hydroxyl groups is 1. The fraction of sp³-hybridized carbons (Fsp3) is 0.562. The van der Waals surface area contributed by atoms with Crippen molar-refractivity contribution in [1.29, 1.82) is 0 Å². The summed E-state index contributed by atoms with van der Waals surface area (Å²) in [5, 5.41) is 13.2. The van der Waals surface area contributed by atoms with E-state index in [0.717, 1.165) is 30.3 Å². The van der Waals surface area contributed by atoms with E-state index >= 15 is 0 Å². The van der Waals surface area contributed by atoms with Gasteiger partial charge in [-0.2, -0.15) is 11.8 Å². The van der Waals surface area contributed by atoms with Gasteiger partial charge in [-0.25, -0.2) is 0 Å². The molecule has 1 heterocycles. The molecular weight excluding hydrogens is 320 g/mol. The molecule has 1 aliphatic heterocycles. The number of rotatable bonds is 5. The van der Waals surface area contributed by atoms with E-state index in [-0.39, 0.29) is 18.2 Å². The Morgan fingerprint density at radius 2 is 2.09 bits per heavy atom. The molecule has 0 radical (unpaired) electrons. The third kappa shape index (κ3) is 4.80. The van der Waals surface area contributed by atoms with Crippen LogP contribution in [0.1, 0.15) is 20.3 Å². The number of carbonyl (C=O) groups is 1. The molecule has 0 aromatic heterocycles. The Labute approximate surface area is 141 Å². The standard InChI is InChI=1S/C16H23ClN2O2S/c1-11(2)15(20)10-16(21)18-12-3-4-14(13(17)9-12)19-5-7-22-8-6-19/h3-4,9,11,15,20H,5-8,10H2,1-2H3,(H,18,21). The van der Waals surface area contributed by atoms with Gasteiger partial charge < -0.3 is 15.3 Å². The molecule has 0 spiro atoms. The van der Waals surface area contributed by atoms with Crippen LogP contribution in [0, 0.1) is 5.92 Å². The van der Waals surface area contributed by atoms with Gasteiger partial charge in [0.15, 0.2) is 0 Å². The lowest BCUT2D eigenvalue weighted by molar-refractivity contribution is -0.118. The molecule has 122 valence electrons. The predicted molar refractivity (Wildman–Crippen MR) is 95.1 cm³/mol. The second kappa shape index (κ2) is 8.09. The molecule has 6 heteroatoms. The quantitative estimate of drug-likeness (QED) is 0.862. The lowest BCUT2D eigenvalue weighted by Gasteiger charge is -2.29. The van der Waals surface area contributed by atoms with Gasteiger partial charge in [0.1, 0.15) is 0 Å². The van der Waals surface area contributed by atoms with Crippen LogP contribution in [0.2, 0.25) is 5.02 Å². The minimum atomic E-state index is -0.624. The number of amides is 1. The number of hydrogen-bond donors (Lipinski definition) is 2. The van der Waals surface area contributed by atoms with Gasteiger partial charge in [0.25, 0.3) is 0 Å². The average molecular weight is 343 g/mol. The normalized spacial score (nSPS) is 16.7.